The van der Waals surface area contributed by atoms with E-state index in [1.54, 1.807) is 25.9 Å². The highest BCUT2D eigenvalue weighted by Crippen LogP contribution is 2.25. The van der Waals surface area contributed by atoms with E-state index in [9.17, 15) is 24.5 Å². The van der Waals surface area contributed by atoms with Crippen molar-refractivity contribution in [1.82, 2.24) is 4.90 Å². The van der Waals surface area contributed by atoms with Crippen LogP contribution in [0.5, 0.6) is 0 Å². The van der Waals surface area contributed by atoms with Crippen LogP contribution < -0.4 is 4.90 Å². The first-order chi connectivity index (χ1) is 13.7. The van der Waals surface area contributed by atoms with Gasteiger partial charge in [0, 0.05) is 39.3 Å². The maximum atomic E-state index is 12.4. The Morgan fingerprint density at radius 1 is 1.21 bits per heavy atom. The number of carbonyl (C=O) groups is 3. The molecule has 158 valence electrons. The minimum Gasteiger partial charge on any atom is -0.466 e. The highest BCUT2D eigenvalue weighted by molar-refractivity contribution is 5.97. The maximum absolute atomic E-state index is 12.4. The van der Waals surface area contributed by atoms with Crippen LogP contribution in [0.2, 0.25) is 0 Å². The van der Waals surface area contributed by atoms with Crippen molar-refractivity contribution in [3.05, 3.63) is 33.9 Å². The van der Waals surface area contributed by atoms with E-state index in [2.05, 4.69) is 0 Å². The van der Waals surface area contributed by atoms with Gasteiger partial charge in [-0.15, -0.1) is 0 Å². The Hall–Kier alpha value is -3.17. The normalized spacial score (nSPS) is 14.2. The van der Waals surface area contributed by atoms with E-state index in [0.717, 1.165) is 6.07 Å². The van der Waals surface area contributed by atoms with Crippen molar-refractivity contribution in [2.45, 2.75) is 19.8 Å². The first kappa shape index (κ1) is 22.1. The average molecular weight is 407 g/mol. The number of esters is 2. The second kappa shape index (κ2) is 9.85. The summed E-state index contributed by atoms with van der Waals surface area (Å²) in [5.41, 5.74) is 0.219. The number of amides is 1. The number of benzene rings is 1. The molecule has 1 aliphatic rings. The minimum atomic E-state index is -0.813. The monoisotopic (exact) mass is 407 g/mol. The van der Waals surface area contributed by atoms with E-state index in [0.29, 0.717) is 38.2 Å². The van der Waals surface area contributed by atoms with Crippen LogP contribution in [0, 0.1) is 16.0 Å². The van der Waals surface area contributed by atoms with Gasteiger partial charge in [-0.1, -0.05) is 0 Å². The number of nitro groups is 1. The van der Waals surface area contributed by atoms with Gasteiger partial charge in [-0.3, -0.25) is 19.7 Å². The highest BCUT2D eigenvalue weighted by Gasteiger charge is 2.29. The summed E-state index contributed by atoms with van der Waals surface area (Å²) >= 11 is 0. The molecule has 1 aromatic carbocycles. The Morgan fingerprint density at radius 3 is 2.41 bits per heavy atom. The fraction of sp³-hybridized carbons (Fsp3) is 0.526. The Labute approximate surface area is 168 Å². The van der Waals surface area contributed by atoms with Crippen molar-refractivity contribution in [3.63, 3.8) is 0 Å². The van der Waals surface area contributed by atoms with Crippen molar-refractivity contribution in [3.8, 4) is 0 Å². The molecule has 0 spiro atoms. The zero-order valence-electron chi connectivity index (χ0n) is 16.8. The van der Waals surface area contributed by atoms with E-state index in [1.165, 1.54) is 17.0 Å². The van der Waals surface area contributed by atoms with Crippen LogP contribution in [0.25, 0.3) is 0 Å². The number of anilines is 1. The number of nitrogens with zero attached hydrogens (tertiary/aromatic N) is 3. The van der Waals surface area contributed by atoms with Gasteiger partial charge in [-0.25, -0.2) is 4.79 Å². The SMILES string of the molecule is CCOC(=O)C1CCN(C(=O)COC(=O)c2cc([N+](=O)[O-])ccc2N(C)C)CC1. The smallest absolute Gasteiger partial charge is 0.341 e. The summed E-state index contributed by atoms with van der Waals surface area (Å²) in [4.78, 5) is 50.1. The zero-order valence-corrected chi connectivity index (χ0v) is 16.8. The van der Waals surface area contributed by atoms with Gasteiger partial charge in [0.2, 0.25) is 0 Å². The Bertz CT molecular complexity index is 786. The van der Waals surface area contributed by atoms with E-state index < -0.39 is 17.5 Å². The molecule has 29 heavy (non-hydrogen) atoms. The summed E-state index contributed by atoms with van der Waals surface area (Å²) in [6.45, 7) is 2.34. The van der Waals surface area contributed by atoms with Crippen molar-refractivity contribution < 1.29 is 28.8 Å². The van der Waals surface area contributed by atoms with Crippen LogP contribution in [0.4, 0.5) is 11.4 Å². The standard InChI is InChI=1S/C19H25N3O7/c1-4-28-18(24)13-7-9-21(10-8-13)17(23)12-29-19(25)15-11-14(22(26)27)5-6-16(15)20(2)3/h5-6,11,13H,4,7-10,12H2,1-3H3. The molecule has 1 fully saturated rings. The van der Waals surface area contributed by atoms with E-state index in [4.69, 9.17) is 9.47 Å². The number of hydrogen-bond acceptors (Lipinski definition) is 8. The van der Waals surface area contributed by atoms with Gasteiger partial charge in [0.15, 0.2) is 6.61 Å². The molecule has 0 unspecified atom stereocenters. The third kappa shape index (κ3) is 5.66. The molecule has 0 bridgehead atoms. The second-order valence-corrected chi connectivity index (χ2v) is 6.84. The molecule has 0 aliphatic carbocycles. The van der Waals surface area contributed by atoms with Crippen molar-refractivity contribution in [2.24, 2.45) is 5.92 Å². The molecule has 0 atom stereocenters. The fourth-order valence-electron chi connectivity index (χ4n) is 3.11. The number of piperidine rings is 1. The van der Waals surface area contributed by atoms with Gasteiger partial charge < -0.3 is 19.3 Å². The third-order valence-corrected chi connectivity index (χ3v) is 4.69. The minimum absolute atomic E-state index is 0.0121. The van der Waals surface area contributed by atoms with E-state index >= 15 is 0 Å². The quantitative estimate of drug-likeness (QED) is 0.380. The van der Waals surface area contributed by atoms with Crippen molar-refractivity contribution in [1.29, 1.82) is 0 Å². The van der Waals surface area contributed by atoms with Gasteiger partial charge in [-0.2, -0.15) is 0 Å². The Morgan fingerprint density at radius 2 is 1.86 bits per heavy atom. The first-order valence-electron chi connectivity index (χ1n) is 9.31. The van der Waals surface area contributed by atoms with Gasteiger partial charge in [-0.05, 0) is 25.8 Å². The Kier molecular flexibility index (Phi) is 7.52. The van der Waals surface area contributed by atoms with Crippen LogP contribution in [-0.2, 0) is 19.1 Å². The fourth-order valence-corrected chi connectivity index (χ4v) is 3.11. The summed E-state index contributed by atoms with van der Waals surface area (Å²) in [7, 11) is 3.38. The van der Waals surface area contributed by atoms with Crippen LogP contribution in [0.15, 0.2) is 18.2 Å². The number of non-ortho nitro benzene ring substituents is 1. The van der Waals surface area contributed by atoms with Crippen molar-refractivity contribution >= 4 is 29.2 Å². The second-order valence-electron chi connectivity index (χ2n) is 6.84. The molecule has 1 heterocycles. The van der Waals surface area contributed by atoms with Gasteiger partial charge in [0.1, 0.15) is 0 Å². The summed E-state index contributed by atoms with van der Waals surface area (Å²) in [5.74, 6) is -1.67. The highest BCUT2D eigenvalue weighted by atomic mass is 16.6. The van der Waals surface area contributed by atoms with Crippen LogP contribution in [0.3, 0.4) is 0 Å². The molecule has 2 rings (SSSR count). The molecule has 1 amide bonds. The molecule has 10 heteroatoms. The van der Waals surface area contributed by atoms with Crippen molar-refractivity contribution in [2.75, 3.05) is 45.3 Å². The van der Waals surface area contributed by atoms with E-state index in [-0.39, 0.29) is 29.0 Å². The summed E-state index contributed by atoms with van der Waals surface area (Å²) in [6, 6.07) is 3.88. The first-order valence-corrected chi connectivity index (χ1v) is 9.31. The molecule has 1 saturated heterocycles. The molecule has 0 N–H and O–H groups in total. The lowest BCUT2D eigenvalue weighted by Crippen LogP contribution is -2.42. The van der Waals surface area contributed by atoms with Gasteiger partial charge >= 0.3 is 11.9 Å². The molecule has 10 nitrogen and oxygen atoms in total. The third-order valence-electron chi connectivity index (χ3n) is 4.69. The summed E-state index contributed by atoms with van der Waals surface area (Å²) in [5, 5.41) is 11.0. The lowest BCUT2D eigenvalue weighted by molar-refractivity contribution is -0.384. The molecule has 1 aromatic rings. The predicted octanol–water partition coefficient (Wildman–Crippen LogP) is 1.62. The lowest BCUT2D eigenvalue weighted by atomic mass is 9.97. The van der Waals surface area contributed by atoms with E-state index in [1.807, 2.05) is 0 Å². The maximum Gasteiger partial charge on any atom is 0.341 e. The van der Waals surface area contributed by atoms with Crippen LogP contribution >= 0.6 is 0 Å². The molecule has 1 aliphatic heterocycles. The van der Waals surface area contributed by atoms with Crippen LogP contribution in [0.1, 0.15) is 30.1 Å². The predicted molar refractivity (Wildman–Crippen MR) is 104 cm³/mol. The number of likely N-dealkylation sites (tertiary alicyclic amines) is 1. The largest absolute Gasteiger partial charge is 0.466 e. The molecule has 0 saturated carbocycles. The lowest BCUT2D eigenvalue weighted by Gasteiger charge is -2.30. The van der Waals surface area contributed by atoms with Crippen LogP contribution in [-0.4, -0.2) is 68.1 Å². The molecule has 0 aromatic heterocycles. The topological polar surface area (TPSA) is 119 Å². The average Bonchev–Trinajstić information content (AvgIpc) is 2.71. The number of hydrogen-bond donors (Lipinski definition) is 0. The zero-order chi connectivity index (χ0) is 21.6. The molecule has 0 radical (unpaired) electrons. The molecular formula is C19H25N3O7. The number of ether oxygens (including phenoxy) is 2. The van der Waals surface area contributed by atoms with Gasteiger partial charge in [0.05, 0.1) is 28.7 Å². The number of nitro benzene ring substituents is 1. The summed E-state index contributed by atoms with van der Waals surface area (Å²) in [6.07, 6.45) is 0.988. The number of rotatable bonds is 7. The molecular weight excluding hydrogens is 382 g/mol. The van der Waals surface area contributed by atoms with Gasteiger partial charge in [0.25, 0.3) is 11.6 Å². The Balaban J connectivity index is 1.96. The summed E-state index contributed by atoms with van der Waals surface area (Å²) < 4.78 is 10.1. The number of carbonyl (C=O) groups excluding carboxylic acids is 3.